The van der Waals surface area contributed by atoms with Crippen LogP contribution in [0.2, 0.25) is 0 Å². The molecule has 2 heterocycles. The molecule has 2 aliphatic heterocycles. The predicted octanol–water partition coefficient (Wildman–Crippen LogP) is 0.909. The summed E-state index contributed by atoms with van der Waals surface area (Å²) < 4.78 is 31.3. The van der Waals surface area contributed by atoms with Crippen LogP contribution in [-0.4, -0.2) is 53.0 Å². The Morgan fingerprint density at radius 2 is 1.80 bits per heavy atom. The van der Waals surface area contributed by atoms with E-state index in [0.717, 1.165) is 5.56 Å². The topological polar surface area (TPSA) is 89.5 Å². The highest BCUT2D eigenvalue weighted by molar-refractivity contribution is 6.01. The molecule has 1 aromatic carbocycles. The quantitative estimate of drug-likeness (QED) is 0.571. The lowest BCUT2D eigenvalue weighted by Crippen LogP contribution is -2.52. The largest absolute Gasteiger partial charge is 0.468 e. The fraction of sp³-hybridized carbons (Fsp3) is 0.529. The molecule has 0 N–H and O–H groups in total. The smallest absolute Gasteiger partial charge is 0.328 e. The van der Waals surface area contributed by atoms with E-state index in [2.05, 4.69) is 0 Å². The summed E-state index contributed by atoms with van der Waals surface area (Å²) in [5.74, 6) is -0.712. The highest BCUT2D eigenvalue weighted by Crippen LogP contribution is 2.45. The zero-order valence-electron chi connectivity index (χ0n) is 14.3. The monoisotopic (exact) mass is 352 g/mol. The number of hydrogen-bond acceptors (Lipinski definition) is 8. The molecule has 2 unspecified atom stereocenters. The molecule has 1 saturated heterocycles. The molecule has 0 amide bonds. The maximum Gasteiger partial charge on any atom is 0.328 e. The minimum absolute atomic E-state index is 0.150. The van der Waals surface area contributed by atoms with Crippen LogP contribution < -0.4 is 9.47 Å². The number of ether oxygens (including phenoxy) is 6. The Morgan fingerprint density at radius 3 is 2.44 bits per heavy atom. The van der Waals surface area contributed by atoms with Crippen LogP contribution in [0.15, 0.2) is 18.2 Å². The molecule has 136 valence electrons. The second-order valence-electron chi connectivity index (χ2n) is 5.84. The third-order valence-electron chi connectivity index (χ3n) is 4.64. The van der Waals surface area contributed by atoms with Crippen LogP contribution in [-0.2, 0) is 35.0 Å². The van der Waals surface area contributed by atoms with Gasteiger partial charge in [-0.3, -0.25) is 9.59 Å². The molecule has 0 aromatic heterocycles. The molecule has 0 radical (unpaired) electrons. The number of carbonyl (C=O) groups is 2. The van der Waals surface area contributed by atoms with E-state index in [0.29, 0.717) is 17.9 Å². The molecule has 2 aliphatic rings. The molecule has 25 heavy (non-hydrogen) atoms. The summed E-state index contributed by atoms with van der Waals surface area (Å²) in [4.78, 5) is 25.1. The Kier molecular flexibility index (Phi) is 4.82. The first-order valence-electron chi connectivity index (χ1n) is 7.77. The molecule has 0 bridgehead atoms. The van der Waals surface area contributed by atoms with Gasteiger partial charge in [0.2, 0.25) is 12.2 Å². The number of fused-ring (bicyclic) bond motifs is 1. The predicted molar refractivity (Wildman–Crippen MR) is 83.0 cm³/mol. The van der Waals surface area contributed by atoms with Crippen molar-refractivity contribution >= 4 is 11.9 Å². The van der Waals surface area contributed by atoms with Crippen molar-refractivity contribution in [3.63, 3.8) is 0 Å². The maximum absolute atomic E-state index is 12.6. The lowest BCUT2D eigenvalue weighted by molar-refractivity contribution is -0.198. The van der Waals surface area contributed by atoms with Gasteiger partial charge < -0.3 is 28.4 Å². The van der Waals surface area contributed by atoms with E-state index in [1.54, 1.807) is 6.07 Å². The van der Waals surface area contributed by atoms with Crippen LogP contribution in [0, 0.1) is 11.3 Å². The highest BCUT2D eigenvalue weighted by Gasteiger charge is 2.65. The molecular formula is C17H20O8. The molecule has 8 heteroatoms. The number of hydrogen-bond donors (Lipinski definition) is 0. The van der Waals surface area contributed by atoms with Gasteiger partial charge in [-0.2, -0.15) is 0 Å². The normalized spacial score (nSPS) is 23.3. The molecule has 0 aliphatic carbocycles. The Labute approximate surface area is 144 Å². The summed E-state index contributed by atoms with van der Waals surface area (Å²) in [5.41, 5.74) is -0.818. The Hall–Kier alpha value is -2.32. The third-order valence-corrected chi connectivity index (χ3v) is 4.64. The van der Waals surface area contributed by atoms with E-state index in [4.69, 9.17) is 28.4 Å². The summed E-state index contributed by atoms with van der Waals surface area (Å²) >= 11 is 0. The van der Waals surface area contributed by atoms with Gasteiger partial charge in [0.15, 0.2) is 17.8 Å². The lowest BCUT2D eigenvalue weighted by Gasteiger charge is -2.31. The van der Waals surface area contributed by atoms with E-state index in [1.165, 1.54) is 21.3 Å². The van der Waals surface area contributed by atoms with Gasteiger partial charge in [-0.05, 0) is 24.1 Å². The lowest BCUT2D eigenvalue weighted by atomic mass is 9.73. The van der Waals surface area contributed by atoms with Crippen molar-refractivity contribution in [3.05, 3.63) is 23.8 Å². The fourth-order valence-corrected chi connectivity index (χ4v) is 3.43. The average Bonchev–Trinajstić information content (AvgIpc) is 3.24. The van der Waals surface area contributed by atoms with Gasteiger partial charge in [-0.25, -0.2) is 0 Å². The SMILES string of the molecule is COC(=O)C1(C(=O)OC)C(Cc2ccc3c(c2)OCO3)COC1OC. The molecule has 2 atom stereocenters. The van der Waals surface area contributed by atoms with Gasteiger partial charge in [-0.15, -0.1) is 0 Å². The van der Waals surface area contributed by atoms with Crippen molar-refractivity contribution < 1.29 is 38.0 Å². The molecule has 8 nitrogen and oxygen atoms in total. The number of benzene rings is 1. The van der Waals surface area contributed by atoms with Crippen LogP contribution in [0.25, 0.3) is 0 Å². The summed E-state index contributed by atoms with van der Waals surface area (Å²) in [7, 11) is 3.81. The van der Waals surface area contributed by atoms with Crippen molar-refractivity contribution in [3.8, 4) is 11.5 Å². The first-order chi connectivity index (χ1) is 12.1. The van der Waals surface area contributed by atoms with Crippen molar-refractivity contribution in [2.24, 2.45) is 11.3 Å². The fourth-order valence-electron chi connectivity index (χ4n) is 3.43. The first-order valence-corrected chi connectivity index (χ1v) is 7.77. The molecule has 0 spiro atoms. The van der Waals surface area contributed by atoms with Gasteiger partial charge in [-0.1, -0.05) is 6.07 Å². The minimum atomic E-state index is -1.69. The van der Waals surface area contributed by atoms with E-state index in [1.807, 2.05) is 12.1 Å². The first kappa shape index (κ1) is 17.5. The zero-order valence-corrected chi connectivity index (χ0v) is 14.3. The van der Waals surface area contributed by atoms with Crippen LogP contribution >= 0.6 is 0 Å². The van der Waals surface area contributed by atoms with Crippen LogP contribution in [0.3, 0.4) is 0 Å². The molecule has 0 saturated carbocycles. The van der Waals surface area contributed by atoms with E-state index in [-0.39, 0.29) is 13.4 Å². The average molecular weight is 352 g/mol. The van der Waals surface area contributed by atoms with Crippen molar-refractivity contribution in [2.45, 2.75) is 12.7 Å². The number of carbonyl (C=O) groups excluding carboxylic acids is 2. The highest BCUT2D eigenvalue weighted by atomic mass is 16.7. The van der Waals surface area contributed by atoms with Crippen LogP contribution in [0.1, 0.15) is 5.56 Å². The molecular weight excluding hydrogens is 332 g/mol. The van der Waals surface area contributed by atoms with Crippen molar-refractivity contribution in [1.29, 1.82) is 0 Å². The van der Waals surface area contributed by atoms with Gasteiger partial charge in [0, 0.05) is 13.0 Å². The summed E-state index contributed by atoms with van der Waals surface area (Å²) in [6.07, 6.45) is -0.702. The summed E-state index contributed by atoms with van der Waals surface area (Å²) in [5, 5.41) is 0. The van der Waals surface area contributed by atoms with Gasteiger partial charge in [0.25, 0.3) is 0 Å². The number of rotatable bonds is 5. The maximum atomic E-state index is 12.6. The summed E-state index contributed by atoms with van der Waals surface area (Å²) in [6.45, 7) is 0.322. The third kappa shape index (κ3) is 2.71. The van der Waals surface area contributed by atoms with Crippen LogP contribution in [0.5, 0.6) is 11.5 Å². The van der Waals surface area contributed by atoms with Gasteiger partial charge in [0.1, 0.15) is 0 Å². The number of methoxy groups -OCH3 is 3. The molecule has 1 fully saturated rings. The second-order valence-corrected chi connectivity index (χ2v) is 5.84. The van der Waals surface area contributed by atoms with Crippen molar-refractivity contribution in [1.82, 2.24) is 0 Å². The standard InChI is InChI=1S/C17H20O8/c1-20-14(18)17(15(19)21-2)11(8-23-16(17)22-3)6-10-4-5-12-13(7-10)25-9-24-12/h4-5,7,11,16H,6,8-9H2,1-3H3. The molecule has 3 rings (SSSR count). The van der Waals surface area contributed by atoms with Crippen molar-refractivity contribution in [2.75, 3.05) is 34.7 Å². The van der Waals surface area contributed by atoms with Gasteiger partial charge >= 0.3 is 11.9 Å². The second kappa shape index (κ2) is 6.89. The minimum Gasteiger partial charge on any atom is -0.468 e. The van der Waals surface area contributed by atoms with E-state index < -0.39 is 29.6 Å². The number of esters is 2. The van der Waals surface area contributed by atoms with E-state index in [9.17, 15) is 9.59 Å². The summed E-state index contributed by atoms with van der Waals surface area (Å²) in [6, 6.07) is 5.47. The Morgan fingerprint density at radius 1 is 1.12 bits per heavy atom. The zero-order chi connectivity index (χ0) is 18.0. The Balaban J connectivity index is 1.95. The van der Waals surface area contributed by atoms with Crippen LogP contribution in [0.4, 0.5) is 0 Å². The Bertz CT molecular complexity index is 655. The molecule has 1 aromatic rings. The van der Waals surface area contributed by atoms with Gasteiger partial charge in [0.05, 0.1) is 20.8 Å². The van der Waals surface area contributed by atoms with E-state index >= 15 is 0 Å².